The molecule has 7 nitrogen and oxygen atoms in total. The predicted octanol–water partition coefficient (Wildman–Crippen LogP) is 3.43. The summed E-state index contributed by atoms with van der Waals surface area (Å²) >= 11 is 0. The standard InChI is InChI=1S/C20H28N4O3/c1-6-7-12-21-17-11-9-8-10-16(17)20(26)27-15(4)19(25)22-18-13(2)23-24(5)14(18)3/h8-11,15,21H,6-7,12H2,1-5H3,(H,22,25)/t15-/m1/s1. The van der Waals surface area contributed by atoms with Crippen LogP contribution < -0.4 is 10.6 Å². The van der Waals surface area contributed by atoms with E-state index < -0.39 is 12.1 Å². The van der Waals surface area contributed by atoms with E-state index in [2.05, 4.69) is 22.7 Å². The van der Waals surface area contributed by atoms with Gasteiger partial charge in [-0.2, -0.15) is 5.10 Å². The van der Waals surface area contributed by atoms with Gasteiger partial charge in [-0.1, -0.05) is 25.5 Å². The Labute approximate surface area is 160 Å². The number of nitrogens with one attached hydrogen (secondary N) is 2. The topological polar surface area (TPSA) is 85.2 Å². The highest BCUT2D eigenvalue weighted by Crippen LogP contribution is 2.20. The molecule has 1 atom stereocenters. The van der Waals surface area contributed by atoms with Gasteiger partial charge in [0, 0.05) is 19.3 Å². The molecule has 1 aromatic heterocycles. The summed E-state index contributed by atoms with van der Waals surface area (Å²) in [5, 5.41) is 10.3. The number of unbranched alkanes of at least 4 members (excludes halogenated alkanes) is 1. The Kier molecular flexibility index (Phi) is 6.98. The molecular weight excluding hydrogens is 344 g/mol. The molecule has 0 aliphatic heterocycles. The monoisotopic (exact) mass is 372 g/mol. The van der Waals surface area contributed by atoms with Gasteiger partial charge >= 0.3 is 5.97 Å². The molecule has 1 heterocycles. The number of ether oxygens (including phenoxy) is 1. The number of hydrogen-bond acceptors (Lipinski definition) is 5. The van der Waals surface area contributed by atoms with Crippen LogP contribution in [0.1, 0.15) is 48.4 Å². The van der Waals surface area contributed by atoms with E-state index >= 15 is 0 Å². The Morgan fingerprint density at radius 1 is 1.26 bits per heavy atom. The Balaban J connectivity index is 2.03. The number of esters is 1. The van der Waals surface area contributed by atoms with Gasteiger partial charge in [0.2, 0.25) is 0 Å². The SMILES string of the molecule is CCCCNc1ccccc1C(=O)O[C@H](C)C(=O)Nc1c(C)nn(C)c1C. The average molecular weight is 372 g/mol. The predicted molar refractivity (Wildman–Crippen MR) is 106 cm³/mol. The van der Waals surface area contributed by atoms with Gasteiger partial charge < -0.3 is 15.4 Å². The van der Waals surface area contributed by atoms with Gasteiger partial charge in [0.25, 0.3) is 5.91 Å². The Morgan fingerprint density at radius 3 is 2.59 bits per heavy atom. The van der Waals surface area contributed by atoms with E-state index in [0.717, 1.165) is 25.1 Å². The number of aryl methyl sites for hydroxylation is 2. The number of carbonyl (C=O) groups is 2. The third-order valence-electron chi connectivity index (χ3n) is 4.40. The van der Waals surface area contributed by atoms with Gasteiger partial charge in [-0.05, 0) is 39.3 Å². The number of amides is 1. The Morgan fingerprint density at radius 2 is 1.96 bits per heavy atom. The number of anilines is 2. The van der Waals surface area contributed by atoms with Gasteiger partial charge in [-0.25, -0.2) is 4.79 Å². The number of rotatable bonds is 8. The number of carbonyl (C=O) groups excluding carboxylic acids is 2. The van der Waals surface area contributed by atoms with E-state index in [4.69, 9.17) is 4.74 Å². The second-order valence-corrected chi connectivity index (χ2v) is 6.53. The van der Waals surface area contributed by atoms with Crippen molar-refractivity contribution in [2.75, 3.05) is 17.2 Å². The molecule has 0 spiro atoms. The first kappa shape index (κ1) is 20.5. The van der Waals surface area contributed by atoms with E-state index in [1.165, 1.54) is 0 Å². The molecule has 0 aliphatic carbocycles. The second kappa shape index (κ2) is 9.21. The molecule has 0 unspecified atom stereocenters. The van der Waals surface area contributed by atoms with Crippen LogP contribution in [0.15, 0.2) is 24.3 Å². The van der Waals surface area contributed by atoms with Crippen LogP contribution in [0.4, 0.5) is 11.4 Å². The molecule has 0 aliphatic rings. The summed E-state index contributed by atoms with van der Waals surface area (Å²) in [6.07, 6.45) is 1.14. The van der Waals surface area contributed by atoms with Gasteiger partial charge in [0.1, 0.15) is 0 Å². The van der Waals surface area contributed by atoms with E-state index in [0.29, 0.717) is 22.6 Å². The lowest BCUT2D eigenvalue weighted by Crippen LogP contribution is -2.30. The zero-order valence-electron chi connectivity index (χ0n) is 16.6. The van der Waals surface area contributed by atoms with Crippen LogP contribution in [-0.2, 0) is 16.6 Å². The highest BCUT2D eigenvalue weighted by molar-refractivity contribution is 6.00. The number of hydrogen-bond donors (Lipinski definition) is 2. The van der Waals surface area contributed by atoms with Crippen molar-refractivity contribution in [3.05, 3.63) is 41.2 Å². The van der Waals surface area contributed by atoms with Crippen LogP contribution in [0.5, 0.6) is 0 Å². The van der Waals surface area contributed by atoms with Crippen LogP contribution in [0.3, 0.4) is 0 Å². The smallest absolute Gasteiger partial charge is 0.341 e. The largest absolute Gasteiger partial charge is 0.449 e. The minimum Gasteiger partial charge on any atom is -0.449 e. The maximum atomic E-state index is 12.5. The van der Waals surface area contributed by atoms with E-state index in [1.54, 1.807) is 23.7 Å². The molecule has 2 N–H and O–H groups in total. The third kappa shape index (κ3) is 5.09. The number of para-hydroxylation sites is 1. The van der Waals surface area contributed by atoms with Crippen molar-refractivity contribution >= 4 is 23.3 Å². The highest BCUT2D eigenvalue weighted by atomic mass is 16.5. The molecule has 146 valence electrons. The molecule has 1 aromatic carbocycles. The van der Waals surface area contributed by atoms with Crippen molar-refractivity contribution in [3.8, 4) is 0 Å². The second-order valence-electron chi connectivity index (χ2n) is 6.53. The minimum atomic E-state index is -0.930. The fourth-order valence-corrected chi connectivity index (χ4v) is 2.67. The van der Waals surface area contributed by atoms with Gasteiger partial charge in [0.15, 0.2) is 6.10 Å². The first-order valence-corrected chi connectivity index (χ1v) is 9.20. The molecule has 27 heavy (non-hydrogen) atoms. The minimum absolute atomic E-state index is 0.390. The van der Waals surface area contributed by atoms with Crippen molar-refractivity contribution < 1.29 is 14.3 Å². The highest BCUT2D eigenvalue weighted by Gasteiger charge is 2.22. The van der Waals surface area contributed by atoms with Crippen molar-refractivity contribution in [2.24, 2.45) is 7.05 Å². The molecule has 2 rings (SSSR count). The average Bonchev–Trinajstić information content (AvgIpc) is 2.88. The summed E-state index contributed by atoms with van der Waals surface area (Å²) < 4.78 is 7.08. The van der Waals surface area contributed by atoms with Crippen LogP contribution in [0.25, 0.3) is 0 Å². The lowest BCUT2D eigenvalue weighted by molar-refractivity contribution is -0.123. The van der Waals surface area contributed by atoms with Crippen LogP contribution in [0, 0.1) is 13.8 Å². The van der Waals surface area contributed by atoms with Crippen molar-refractivity contribution in [2.45, 2.75) is 46.6 Å². The van der Waals surface area contributed by atoms with E-state index in [1.807, 2.05) is 33.0 Å². The Hall–Kier alpha value is -2.83. The normalized spacial score (nSPS) is 11.7. The summed E-state index contributed by atoms with van der Waals surface area (Å²) in [6, 6.07) is 7.15. The van der Waals surface area contributed by atoms with Crippen molar-refractivity contribution in [1.29, 1.82) is 0 Å². The fourth-order valence-electron chi connectivity index (χ4n) is 2.67. The molecule has 1 amide bonds. The zero-order valence-corrected chi connectivity index (χ0v) is 16.6. The van der Waals surface area contributed by atoms with Crippen LogP contribution in [0.2, 0.25) is 0 Å². The molecule has 0 bridgehead atoms. The van der Waals surface area contributed by atoms with Gasteiger partial charge in [0.05, 0.1) is 22.6 Å². The van der Waals surface area contributed by atoms with Crippen molar-refractivity contribution in [3.63, 3.8) is 0 Å². The first-order chi connectivity index (χ1) is 12.8. The van der Waals surface area contributed by atoms with Crippen LogP contribution >= 0.6 is 0 Å². The fraction of sp³-hybridized carbons (Fsp3) is 0.450. The number of benzene rings is 1. The number of aromatic nitrogens is 2. The molecular formula is C20H28N4O3. The summed E-state index contributed by atoms with van der Waals surface area (Å²) in [4.78, 5) is 25.0. The quantitative estimate of drug-likeness (QED) is 0.548. The summed E-state index contributed by atoms with van der Waals surface area (Å²) in [6.45, 7) is 8.12. The third-order valence-corrected chi connectivity index (χ3v) is 4.40. The number of nitrogens with zero attached hydrogens (tertiary/aromatic N) is 2. The molecule has 0 fully saturated rings. The van der Waals surface area contributed by atoms with Crippen molar-refractivity contribution in [1.82, 2.24) is 9.78 Å². The summed E-state index contributed by atoms with van der Waals surface area (Å²) in [7, 11) is 1.81. The van der Waals surface area contributed by atoms with E-state index in [-0.39, 0.29) is 5.91 Å². The zero-order chi connectivity index (χ0) is 20.0. The maximum absolute atomic E-state index is 12.5. The van der Waals surface area contributed by atoms with Gasteiger partial charge in [-0.3, -0.25) is 9.48 Å². The van der Waals surface area contributed by atoms with Gasteiger partial charge in [-0.15, -0.1) is 0 Å². The molecule has 2 aromatic rings. The lowest BCUT2D eigenvalue weighted by atomic mass is 10.1. The maximum Gasteiger partial charge on any atom is 0.341 e. The summed E-state index contributed by atoms with van der Waals surface area (Å²) in [5.74, 6) is -0.921. The van der Waals surface area contributed by atoms with Crippen LogP contribution in [-0.4, -0.2) is 34.3 Å². The Bertz CT molecular complexity index is 814. The lowest BCUT2D eigenvalue weighted by Gasteiger charge is -2.16. The molecule has 0 radical (unpaired) electrons. The molecule has 0 saturated carbocycles. The molecule has 7 heteroatoms. The first-order valence-electron chi connectivity index (χ1n) is 9.20. The molecule has 0 saturated heterocycles. The summed E-state index contributed by atoms with van der Waals surface area (Å²) in [5.41, 5.74) is 3.33. The van der Waals surface area contributed by atoms with E-state index in [9.17, 15) is 9.59 Å².